The van der Waals surface area contributed by atoms with Crippen LogP contribution in [0.25, 0.3) is 11.1 Å². The zero-order valence-corrected chi connectivity index (χ0v) is 18.1. The van der Waals surface area contributed by atoms with Crippen LogP contribution in [0.5, 0.6) is 0 Å². The van der Waals surface area contributed by atoms with Gasteiger partial charge in [-0.05, 0) is 43.2 Å². The Balaban J connectivity index is 1.66. The van der Waals surface area contributed by atoms with Crippen LogP contribution in [0.4, 0.5) is 5.00 Å². The average molecular weight is 426 g/mol. The highest BCUT2D eigenvalue weighted by molar-refractivity contribution is 7.15. The molecule has 0 radical (unpaired) electrons. The van der Waals surface area contributed by atoms with Crippen LogP contribution in [0.2, 0.25) is 0 Å². The zero-order chi connectivity index (χ0) is 20.4. The molecule has 3 aromatic rings. The van der Waals surface area contributed by atoms with Crippen molar-refractivity contribution in [3.63, 3.8) is 0 Å². The number of thiophene rings is 2. The summed E-state index contributed by atoms with van der Waals surface area (Å²) < 4.78 is 5.28. The summed E-state index contributed by atoms with van der Waals surface area (Å²) in [5.41, 5.74) is 4.04. The number of carbonyl (C=O) groups excluding carboxylic acids is 2. The summed E-state index contributed by atoms with van der Waals surface area (Å²) in [4.78, 5) is 27.1. The molecule has 29 heavy (non-hydrogen) atoms. The minimum Gasteiger partial charge on any atom is -0.462 e. The summed E-state index contributed by atoms with van der Waals surface area (Å²) >= 11 is 3.03. The molecule has 0 fully saturated rings. The molecule has 150 valence electrons. The summed E-state index contributed by atoms with van der Waals surface area (Å²) in [5, 5.41) is 7.38. The second-order valence-electron chi connectivity index (χ2n) is 7.29. The van der Waals surface area contributed by atoms with Crippen LogP contribution in [0.1, 0.15) is 51.4 Å². The Bertz CT molecular complexity index is 1040. The van der Waals surface area contributed by atoms with Crippen LogP contribution in [-0.2, 0) is 17.6 Å². The fraction of sp³-hybridized carbons (Fsp3) is 0.304. The van der Waals surface area contributed by atoms with E-state index >= 15 is 0 Å². The number of carbonyl (C=O) groups is 2. The molecule has 4 rings (SSSR count). The lowest BCUT2D eigenvalue weighted by atomic mass is 9.88. The van der Waals surface area contributed by atoms with Gasteiger partial charge in [0.25, 0.3) is 5.91 Å². The first kappa shape index (κ1) is 19.9. The van der Waals surface area contributed by atoms with Gasteiger partial charge >= 0.3 is 5.97 Å². The molecule has 1 N–H and O–H groups in total. The van der Waals surface area contributed by atoms with E-state index in [9.17, 15) is 9.59 Å². The zero-order valence-electron chi connectivity index (χ0n) is 16.5. The Labute approximate surface area is 178 Å². The Morgan fingerprint density at radius 3 is 2.72 bits per heavy atom. The van der Waals surface area contributed by atoms with Crippen molar-refractivity contribution in [1.29, 1.82) is 0 Å². The Hall–Kier alpha value is -2.44. The van der Waals surface area contributed by atoms with E-state index in [-0.39, 0.29) is 12.5 Å². The summed E-state index contributed by atoms with van der Waals surface area (Å²) in [6.07, 6.45) is 3.08. The highest BCUT2D eigenvalue weighted by Gasteiger charge is 2.26. The number of benzene rings is 1. The number of rotatable bonds is 5. The normalized spacial score (nSPS) is 15.6. The molecule has 0 unspecified atom stereocenters. The van der Waals surface area contributed by atoms with E-state index in [1.165, 1.54) is 21.8 Å². The second kappa shape index (κ2) is 8.51. The molecule has 1 amide bonds. The highest BCUT2D eigenvalue weighted by atomic mass is 32.1. The van der Waals surface area contributed by atoms with E-state index in [0.717, 1.165) is 36.0 Å². The van der Waals surface area contributed by atoms with Crippen LogP contribution < -0.4 is 5.32 Å². The molecule has 0 saturated carbocycles. The molecule has 1 atom stereocenters. The van der Waals surface area contributed by atoms with Gasteiger partial charge < -0.3 is 10.1 Å². The molecule has 6 heteroatoms. The van der Waals surface area contributed by atoms with Gasteiger partial charge in [0.05, 0.1) is 12.2 Å². The Kier molecular flexibility index (Phi) is 5.83. The molecule has 0 saturated heterocycles. The third kappa shape index (κ3) is 4.00. The number of anilines is 1. The quantitative estimate of drug-likeness (QED) is 0.508. The van der Waals surface area contributed by atoms with Gasteiger partial charge in [-0.1, -0.05) is 37.3 Å². The number of ether oxygens (including phenoxy) is 1. The first-order valence-electron chi connectivity index (χ1n) is 9.83. The molecule has 1 aliphatic carbocycles. The van der Waals surface area contributed by atoms with Crippen molar-refractivity contribution in [3.05, 3.63) is 62.7 Å². The monoisotopic (exact) mass is 425 g/mol. The van der Waals surface area contributed by atoms with Gasteiger partial charge in [-0.3, -0.25) is 4.79 Å². The van der Waals surface area contributed by atoms with Gasteiger partial charge in [0.15, 0.2) is 0 Å². The van der Waals surface area contributed by atoms with Crippen molar-refractivity contribution in [2.24, 2.45) is 5.92 Å². The van der Waals surface area contributed by atoms with Crippen LogP contribution >= 0.6 is 22.7 Å². The highest BCUT2D eigenvalue weighted by Crippen LogP contribution is 2.38. The topological polar surface area (TPSA) is 55.4 Å². The summed E-state index contributed by atoms with van der Waals surface area (Å²) in [7, 11) is 0. The number of amides is 1. The van der Waals surface area contributed by atoms with Gasteiger partial charge in [-0.25, -0.2) is 4.79 Å². The van der Waals surface area contributed by atoms with Gasteiger partial charge in [0.2, 0.25) is 0 Å². The van der Waals surface area contributed by atoms with Crippen molar-refractivity contribution in [1.82, 2.24) is 0 Å². The molecule has 1 aromatic carbocycles. The average Bonchev–Trinajstić information content (AvgIpc) is 3.32. The maximum atomic E-state index is 13.1. The van der Waals surface area contributed by atoms with E-state index in [2.05, 4.69) is 12.2 Å². The lowest BCUT2D eigenvalue weighted by Crippen LogP contribution is -2.17. The maximum absolute atomic E-state index is 13.1. The van der Waals surface area contributed by atoms with Gasteiger partial charge in [-0.2, -0.15) is 0 Å². The number of hydrogen-bond acceptors (Lipinski definition) is 5. The van der Waals surface area contributed by atoms with Crippen molar-refractivity contribution in [2.45, 2.75) is 33.1 Å². The third-order valence-electron chi connectivity index (χ3n) is 5.23. The van der Waals surface area contributed by atoms with Crippen molar-refractivity contribution < 1.29 is 14.3 Å². The van der Waals surface area contributed by atoms with Crippen molar-refractivity contribution in [2.75, 3.05) is 11.9 Å². The summed E-state index contributed by atoms with van der Waals surface area (Å²) in [5.74, 6) is 0.103. The summed E-state index contributed by atoms with van der Waals surface area (Å²) in [6, 6.07) is 9.69. The molecule has 0 aliphatic heterocycles. The minimum atomic E-state index is -0.413. The molecule has 2 heterocycles. The van der Waals surface area contributed by atoms with E-state index in [0.29, 0.717) is 16.5 Å². The second-order valence-corrected chi connectivity index (χ2v) is 9.14. The van der Waals surface area contributed by atoms with Crippen LogP contribution in [0, 0.1) is 5.92 Å². The van der Waals surface area contributed by atoms with Crippen LogP contribution in [0.3, 0.4) is 0 Å². The van der Waals surface area contributed by atoms with E-state index in [1.54, 1.807) is 18.3 Å². The standard InChI is InChI=1S/C23H23NO3S2/c1-3-27-23(26)20-17(15-7-5-4-6-8-15)12-29-22(20)24-21(25)18-13-28-19-11-14(2)9-10-16(18)19/h4-8,12-14H,3,9-11H2,1-2H3,(H,24,25)/t14-/m1/s1. The first-order valence-corrected chi connectivity index (χ1v) is 11.6. The predicted molar refractivity (Wildman–Crippen MR) is 119 cm³/mol. The Morgan fingerprint density at radius 2 is 1.97 bits per heavy atom. The molecular formula is C23H23NO3S2. The Morgan fingerprint density at radius 1 is 1.17 bits per heavy atom. The van der Waals surface area contributed by atoms with Gasteiger partial charge in [0.1, 0.15) is 10.6 Å². The number of fused-ring (bicyclic) bond motifs is 1. The van der Waals surface area contributed by atoms with Crippen molar-refractivity contribution >= 4 is 39.6 Å². The SMILES string of the molecule is CCOC(=O)c1c(-c2ccccc2)csc1NC(=O)c1csc2c1CC[C@@H](C)C2. The van der Waals surface area contributed by atoms with Crippen LogP contribution in [0.15, 0.2) is 41.1 Å². The maximum Gasteiger partial charge on any atom is 0.341 e. The molecule has 0 spiro atoms. The van der Waals surface area contributed by atoms with Crippen molar-refractivity contribution in [3.8, 4) is 11.1 Å². The number of hydrogen-bond donors (Lipinski definition) is 1. The lowest BCUT2D eigenvalue weighted by molar-refractivity contribution is 0.0529. The first-order chi connectivity index (χ1) is 14.1. The number of esters is 1. The van der Waals surface area contributed by atoms with Gasteiger partial charge in [-0.15, -0.1) is 22.7 Å². The lowest BCUT2D eigenvalue weighted by Gasteiger charge is -2.18. The van der Waals surface area contributed by atoms with Gasteiger partial charge in [0, 0.05) is 21.2 Å². The molecule has 2 aromatic heterocycles. The minimum absolute atomic E-state index is 0.149. The van der Waals surface area contributed by atoms with E-state index < -0.39 is 5.97 Å². The van der Waals surface area contributed by atoms with E-state index in [1.807, 2.05) is 41.1 Å². The predicted octanol–water partition coefficient (Wildman–Crippen LogP) is 6.03. The van der Waals surface area contributed by atoms with Crippen LogP contribution in [-0.4, -0.2) is 18.5 Å². The molecular weight excluding hydrogens is 402 g/mol. The number of nitrogens with one attached hydrogen (secondary N) is 1. The third-order valence-corrected chi connectivity index (χ3v) is 7.18. The molecule has 0 bridgehead atoms. The largest absolute Gasteiger partial charge is 0.462 e. The molecule has 1 aliphatic rings. The fourth-order valence-electron chi connectivity index (χ4n) is 3.72. The van der Waals surface area contributed by atoms with E-state index in [4.69, 9.17) is 4.74 Å². The fourth-order valence-corrected chi connectivity index (χ4v) is 5.92. The molecule has 4 nitrogen and oxygen atoms in total. The smallest absolute Gasteiger partial charge is 0.341 e. The summed E-state index contributed by atoms with van der Waals surface area (Å²) in [6.45, 7) is 4.32.